The second-order valence-electron chi connectivity index (χ2n) is 4.97. The normalized spacial score (nSPS) is 10.0. The van der Waals surface area contributed by atoms with E-state index in [0.717, 1.165) is 12.1 Å². The number of halogens is 1. The van der Waals surface area contributed by atoms with Crippen molar-refractivity contribution in [1.82, 2.24) is 0 Å². The van der Waals surface area contributed by atoms with Gasteiger partial charge in [0.05, 0.1) is 22.6 Å². The van der Waals surface area contributed by atoms with Crippen molar-refractivity contribution in [2.45, 2.75) is 0 Å². The van der Waals surface area contributed by atoms with Crippen LogP contribution in [0.4, 0.5) is 22.7 Å². The van der Waals surface area contributed by atoms with E-state index in [0.29, 0.717) is 0 Å². The quantitative estimate of drug-likeness (QED) is 0.448. The molecule has 0 bridgehead atoms. The molecule has 2 aromatic rings. The molecule has 140 valence electrons. The van der Waals surface area contributed by atoms with Gasteiger partial charge in [0, 0.05) is 23.9 Å². The Balaban J connectivity index is 2.18. The van der Waals surface area contributed by atoms with Crippen molar-refractivity contribution in [3.8, 4) is 5.75 Å². The van der Waals surface area contributed by atoms with Crippen molar-refractivity contribution in [1.29, 1.82) is 0 Å². The maximum absolute atomic E-state index is 12.0. The Bertz CT molecular complexity index is 948. The van der Waals surface area contributed by atoms with E-state index in [1.165, 1.54) is 31.4 Å². The zero-order chi connectivity index (χ0) is 20.1. The number of rotatable bonds is 5. The summed E-state index contributed by atoms with van der Waals surface area (Å²) in [5.41, 5.74) is -0.888. The fraction of sp³-hybridized carbons (Fsp3) is 0.0667. The van der Waals surface area contributed by atoms with Crippen molar-refractivity contribution >= 4 is 46.2 Å². The summed E-state index contributed by atoms with van der Waals surface area (Å²) in [6.07, 6.45) is 0. The van der Waals surface area contributed by atoms with Crippen LogP contribution in [0.5, 0.6) is 5.75 Å². The molecule has 0 aromatic heterocycles. The minimum Gasteiger partial charge on any atom is -0.495 e. The van der Waals surface area contributed by atoms with Gasteiger partial charge in [0.15, 0.2) is 0 Å². The number of carbonyl (C=O) groups is 2. The first kappa shape index (κ1) is 19.6. The lowest BCUT2D eigenvalue weighted by molar-refractivity contribution is -0.384. The molecule has 2 amide bonds. The van der Waals surface area contributed by atoms with E-state index >= 15 is 0 Å². The first-order chi connectivity index (χ1) is 12.7. The second-order valence-corrected chi connectivity index (χ2v) is 5.38. The van der Waals surface area contributed by atoms with Crippen LogP contribution in [0.1, 0.15) is 0 Å². The van der Waals surface area contributed by atoms with Crippen molar-refractivity contribution in [2.75, 3.05) is 17.7 Å². The summed E-state index contributed by atoms with van der Waals surface area (Å²) in [6.45, 7) is 0. The standard InChI is InChI=1S/C15H11ClN4O7/c1-27-13-5-3-9(19(23)24)7-11(13)18-15(22)14(21)17-8-2-4-10(16)12(6-8)20(25)26/h2-7H,1H3,(H,17,21)(H,18,22). The number of hydrogen-bond donors (Lipinski definition) is 2. The molecule has 0 heterocycles. The van der Waals surface area contributed by atoms with Crippen LogP contribution in [0.2, 0.25) is 5.02 Å². The largest absolute Gasteiger partial charge is 0.495 e. The van der Waals surface area contributed by atoms with Gasteiger partial charge >= 0.3 is 11.8 Å². The molecule has 27 heavy (non-hydrogen) atoms. The van der Waals surface area contributed by atoms with Crippen LogP contribution in [0.15, 0.2) is 36.4 Å². The van der Waals surface area contributed by atoms with E-state index in [9.17, 15) is 29.8 Å². The van der Waals surface area contributed by atoms with Gasteiger partial charge < -0.3 is 15.4 Å². The first-order valence-corrected chi connectivity index (χ1v) is 7.49. The van der Waals surface area contributed by atoms with Crippen LogP contribution in [0, 0.1) is 20.2 Å². The van der Waals surface area contributed by atoms with Gasteiger partial charge in [-0.3, -0.25) is 29.8 Å². The highest BCUT2D eigenvalue weighted by molar-refractivity contribution is 6.44. The molecule has 0 saturated carbocycles. The summed E-state index contributed by atoms with van der Waals surface area (Å²) in [5.74, 6) is -2.21. The topological polar surface area (TPSA) is 154 Å². The number of anilines is 2. The zero-order valence-corrected chi connectivity index (χ0v) is 14.4. The van der Waals surface area contributed by atoms with Crippen LogP contribution in [0.3, 0.4) is 0 Å². The highest BCUT2D eigenvalue weighted by Gasteiger charge is 2.20. The van der Waals surface area contributed by atoms with Gasteiger partial charge in [0.1, 0.15) is 10.8 Å². The van der Waals surface area contributed by atoms with Gasteiger partial charge in [-0.25, -0.2) is 0 Å². The van der Waals surface area contributed by atoms with Crippen LogP contribution in [-0.4, -0.2) is 28.8 Å². The lowest BCUT2D eigenvalue weighted by atomic mass is 10.2. The third-order valence-electron chi connectivity index (χ3n) is 3.25. The number of nitro groups is 2. The lowest BCUT2D eigenvalue weighted by Crippen LogP contribution is -2.29. The van der Waals surface area contributed by atoms with E-state index in [-0.39, 0.29) is 27.8 Å². The molecule has 0 spiro atoms. The molecular weight excluding hydrogens is 384 g/mol. The Morgan fingerprint density at radius 2 is 1.67 bits per heavy atom. The predicted molar refractivity (Wildman–Crippen MR) is 95.0 cm³/mol. The molecular formula is C15H11ClN4O7. The van der Waals surface area contributed by atoms with Crippen molar-refractivity contribution in [2.24, 2.45) is 0 Å². The van der Waals surface area contributed by atoms with Gasteiger partial charge in [0.25, 0.3) is 11.4 Å². The Morgan fingerprint density at radius 1 is 1.00 bits per heavy atom. The highest BCUT2D eigenvalue weighted by atomic mass is 35.5. The van der Waals surface area contributed by atoms with Crippen molar-refractivity contribution in [3.05, 3.63) is 61.6 Å². The molecule has 2 N–H and O–H groups in total. The fourth-order valence-electron chi connectivity index (χ4n) is 2.00. The summed E-state index contributed by atoms with van der Waals surface area (Å²) in [6, 6.07) is 6.90. The minimum atomic E-state index is -1.16. The Labute approximate surface area is 156 Å². The smallest absolute Gasteiger partial charge is 0.314 e. The number of carbonyl (C=O) groups excluding carboxylic acids is 2. The summed E-state index contributed by atoms with van der Waals surface area (Å²) in [7, 11) is 1.28. The number of hydrogen-bond acceptors (Lipinski definition) is 7. The van der Waals surface area contributed by atoms with E-state index in [1.807, 2.05) is 0 Å². The summed E-state index contributed by atoms with van der Waals surface area (Å²) >= 11 is 5.67. The molecule has 12 heteroatoms. The predicted octanol–water partition coefficient (Wildman–Crippen LogP) is 2.74. The van der Waals surface area contributed by atoms with E-state index in [2.05, 4.69) is 10.6 Å². The molecule has 0 aliphatic carbocycles. The average Bonchev–Trinajstić information content (AvgIpc) is 2.62. The second kappa shape index (κ2) is 8.10. The molecule has 0 fully saturated rings. The highest BCUT2D eigenvalue weighted by Crippen LogP contribution is 2.29. The average molecular weight is 395 g/mol. The monoisotopic (exact) mass is 394 g/mol. The number of nitro benzene ring substituents is 2. The SMILES string of the molecule is COc1ccc([N+](=O)[O-])cc1NC(=O)C(=O)Nc1ccc(Cl)c([N+](=O)[O-])c1. The summed E-state index contributed by atoms with van der Waals surface area (Å²) < 4.78 is 4.98. The zero-order valence-electron chi connectivity index (χ0n) is 13.6. The van der Waals surface area contributed by atoms with Crippen molar-refractivity contribution < 1.29 is 24.2 Å². The molecule has 0 saturated heterocycles. The molecule has 11 nitrogen and oxygen atoms in total. The van der Waals surface area contributed by atoms with Gasteiger partial charge in [-0.2, -0.15) is 0 Å². The molecule has 0 aliphatic heterocycles. The number of nitrogens with zero attached hydrogens (tertiary/aromatic N) is 2. The first-order valence-electron chi connectivity index (χ1n) is 7.11. The van der Waals surface area contributed by atoms with E-state index in [4.69, 9.17) is 16.3 Å². The maximum Gasteiger partial charge on any atom is 0.314 e. The van der Waals surface area contributed by atoms with Crippen molar-refractivity contribution in [3.63, 3.8) is 0 Å². The third kappa shape index (κ3) is 4.67. The van der Waals surface area contributed by atoms with Crippen LogP contribution in [0.25, 0.3) is 0 Å². The molecule has 0 aliphatic rings. The molecule has 0 atom stereocenters. The van der Waals surface area contributed by atoms with Gasteiger partial charge in [-0.1, -0.05) is 11.6 Å². The van der Waals surface area contributed by atoms with Crippen LogP contribution >= 0.6 is 11.6 Å². The van der Waals surface area contributed by atoms with Crippen LogP contribution in [-0.2, 0) is 9.59 Å². The van der Waals surface area contributed by atoms with Crippen LogP contribution < -0.4 is 15.4 Å². The Hall–Kier alpha value is -3.73. The van der Waals surface area contributed by atoms with Gasteiger partial charge in [-0.15, -0.1) is 0 Å². The molecule has 2 rings (SSSR count). The number of benzene rings is 2. The minimum absolute atomic E-state index is 0.0303. The molecule has 2 aromatic carbocycles. The van der Waals surface area contributed by atoms with Gasteiger partial charge in [-0.05, 0) is 18.2 Å². The molecule has 0 unspecified atom stereocenters. The van der Waals surface area contributed by atoms with E-state index < -0.39 is 27.3 Å². The fourth-order valence-corrected chi connectivity index (χ4v) is 2.19. The Morgan fingerprint density at radius 3 is 2.26 bits per heavy atom. The number of non-ortho nitro benzene ring substituents is 1. The van der Waals surface area contributed by atoms with E-state index in [1.54, 1.807) is 0 Å². The lowest BCUT2D eigenvalue weighted by Gasteiger charge is -2.10. The van der Waals surface area contributed by atoms with Gasteiger partial charge in [0.2, 0.25) is 0 Å². The number of amides is 2. The number of nitrogens with one attached hydrogen (secondary N) is 2. The maximum atomic E-state index is 12.0. The third-order valence-corrected chi connectivity index (χ3v) is 3.57. The summed E-state index contributed by atoms with van der Waals surface area (Å²) in [5, 5.41) is 25.9. The summed E-state index contributed by atoms with van der Waals surface area (Å²) in [4.78, 5) is 44.3. The number of ether oxygens (including phenoxy) is 1. The Kier molecular flexibility index (Phi) is 5.88. The molecule has 0 radical (unpaired) electrons. The number of methoxy groups -OCH3 is 1.